The van der Waals surface area contributed by atoms with Crippen molar-refractivity contribution in [3.63, 3.8) is 0 Å². The van der Waals surface area contributed by atoms with E-state index in [-0.39, 0.29) is 36.0 Å². The topological polar surface area (TPSA) is 132 Å². The third-order valence-corrected chi connectivity index (χ3v) is 9.26. The van der Waals surface area contributed by atoms with Crippen molar-refractivity contribution in [1.82, 2.24) is 33.0 Å². The molecule has 1 N–H and O–H groups in total. The number of ether oxygens (including phenoxy) is 1. The van der Waals surface area contributed by atoms with Crippen LogP contribution in [0.4, 0.5) is 0 Å². The van der Waals surface area contributed by atoms with Gasteiger partial charge in [0.25, 0.3) is 11.1 Å². The number of piperazine rings is 1. The van der Waals surface area contributed by atoms with Gasteiger partial charge >= 0.3 is 0 Å². The van der Waals surface area contributed by atoms with Gasteiger partial charge in [0.15, 0.2) is 0 Å². The van der Waals surface area contributed by atoms with Gasteiger partial charge in [-0.05, 0) is 74.0 Å². The summed E-state index contributed by atoms with van der Waals surface area (Å²) in [5.74, 6) is -0.0409. The van der Waals surface area contributed by atoms with Crippen LogP contribution in [0.2, 0.25) is 0 Å². The van der Waals surface area contributed by atoms with Crippen molar-refractivity contribution in [2.75, 3.05) is 52.5 Å². The lowest BCUT2D eigenvalue weighted by molar-refractivity contribution is -0.135. The number of amides is 2. The molecule has 14 heteroatoms. The molecule has 0 aliphatic carbocycles. The largest absolute Gasteiger partial charge is 0.378 e. The van der Waals surface area contributed by atoms with Crippen molar-refractivity contribution in [3.8, 4) is 0 Å². The molecule has 0 saturated carbocycles. The molecule has 0 aromatic carbocycles. The summed E-state index contributed by atoms with van der Waals surface area (Å²) in [5, 5.41) is 4.47. The van der Waals surface area contributed by atoms with Gasteiger partial charge in [-0.1, -0.05) is 0 Å². The van der Waals surface area contributed by atoms with E-state index in [0.717, 1.165) is 35.6 Å². The van der Waals surface area contributed by atoms with Gasteiger partial charge < -0.3 is 19.9 Å². The number of morpholine rings is 1. The highest BCUT2D eigenvalue weighted by atomic mass is 32.1. The summed E-state index contributed by atoms with van der Waals surface area (Å²) in [6.45, 7) is 13.2. The number of hydrogen-bond acceptors (Lipinski definition) is 10. The van der Waals surface area contributed by atoms with Crippen LogP contribution in [-0.2, 0) is 27.4 Å². The van der Waals surface area contributed by atoms with Gasteiger partial charge in [-0.2, -0.15) is 0 Å². The van der Waals surface area contributed by atoms with Crippen LogP contribution < -0.4 is 16.4 Å². The summed E-state index contributed by atoms with van der Waals surface area (Å²) < 4.78 is 8.26. The molecule has 6 heterocycles. The number of nitrogens with one attached hydrogen (secondary N) is 1. The molecule has 2 aliphatic heterocycles. The normalized spacial score (nSPS) is 15.6. The summed E-state index contributed by atoms with van der Waals surface area (Å²) >= 11 is 2.53. The number of carbonyl (C=O) groups is 2. The second-order valence-electron chi connectivity index (χ2n) is 10.5. The number of hydrogen-bond donors (Lipinski definition) is 1. The van der Waals surface area contributed by atoms with Gasteiger partial charge in [0.2, 0.25) is 11.8 Å². The van der Waals surface area contributed by atoms with Crippen molar-refractivity contribution in [3.05, 3.63) is 55.4 Å². The molecule has 2 fully saturated rings. The summed E-state index contributed by atoms with van der Waals surface area (Å²) in [5.41, 5.74) is 3.38. The van der Waals surface area contributed by atoms with E-state index in [4.69, 9.17) is 4.74 Å². The molecule has 42 heavy (non-hydrogen) atoms. The molecular formula is C28H35N7O5S2. The standard InChI is InChI=1S/C14H18N4O2S.C14H17N3O3S/c1-9-7-10(2)16-13-12(9)14(20)18(21-13)8-11(19)17-5-3-15-4-6-17;1-9-7-10(2)15-13-12(9)14(19)17(21-13)8-11(18)16-3-5-20-6-4-16/h7,15H,3-6,8H2,1-2H3;7H,3-6,8H2,1-2H3. The van der Waals surface area contributed by atoms with Gasteiger partial charge in [0, 0.05) is 50.7 Å². The quantitative estimate of drug-likeness (QED) is 0.366. The molecule has 0 unspecified atom stereocenters. The Morgan fingerprint density at radius 1 is 0.762 bits per heavy atom. The Balaban J connectivity index is 0.000000168. The minimum absolute atomic E-state index is 0.000434. The molecular weight excluding hydrogens is 578 g/mol. The molecule has 6 rings (SSSR count). The van der Waals surface area contributed by atoms with Crippen LogP contribution in [0.3, 0.4) is 0 Å². The fraction of sp³-hybridized carbons (Fsp3) is 0.500. The lowest BCUT2D eigenvalue weighted by Crippen LogP contribution is -2.47. The number of pyridine rings is 2. The second kappa shape index (κ2) is 12.8. The molecule has 0 spiro atoms. The average molecular weight is 614 g/mol. The monoisotopic (exact) mass is 613 g/mol. The third-order valence-electron chi connectivity index (χ3n) is 7.29. The van der Waals surface area contributed by atoms with Crippen LogP contribution in [0.5, 0.6) is 0 Å². The fourth-order valence-electron chi connectivity index (χ4n) is 5.18. The van der Waals surface area contributed by atoms with Crippen LogP contribution >= 0.6 is 23.1 Å². The van der Waals surface area contributed by atoms with Gasteiger partial charge in [0.05, 0.1) is 24.0 Å². The number of fused-ring (bicyclic) bond motifs is 2. The summed E-state index contributed by atoms with van der Waals surface area (Å²) in [6.07, 6.45) is 0. The highest BCUT2D eigenvalue weighted by Gasteiger charge is 2.21. The minimum Gasteiger partial charge on any atom is -0.378 e. The van der Waals surface area contributed by atoms with Crippen LogP contribution in [-0.4, -0.2) is 92.0 Å². The molecule has 2 aliphatic rings. The zero-order chi connectivity index (χ0) is 30.0. The van der Waals surface area contributed by atoms with Gasteiger partial charge in [-0.25, -0.2) is 9.97 Å². The molecule has 2 amide bonds. The molecule has 0 bridgehead atoms. The maximum Gasteiger partial charge on any atom is 0.270 e. The lowest BCUT2D eigenvalue weighted by Gasteiger charge is -2.27. The van der Waals surface area contributed by atoms with Crippen LogP contribution in [0.15, 0.2) is 21.7 Å². The van der Waals surface area contributed by atoms with Crippen molar-refractivity contribution >= 4 is 55.3 Å². The Hall–Kier alpha value is -3.46. The molecule has 0 atom stereocenters. The Kier molecular flexibility index (Phi) is 9.16. The summed E-state index contributed by atoms with van der Waals surface area (Å²) in [6, 6.07) is 3.80. The van der Waals surface area contributed by atoms with Crippen molar-refractivity contribution < 1.29 is 14.3 Å². The first-order valence-corrected chi connectivity index (χ1v) is 15.5. The number of nitrogens with zero attached hydrogens (tertiary/aromatic N) is 6. The smallest absolute Gasteiger partial charge is 0.270 e. The van der Waals surface area contributed by atoms with Crippen molar-refractivity contribution in [2.45, 2.75) is 40.8 Å². The number of aryl methyl sites for hydroxylation is 4. The first-order chi connectivity index (χ1) is 20.1. The first kappa shape index (κ1) is 30.0. The minimum atomic E-state index is -0.124. The van der Waals surface area contributed by atoms with E-state index in [0.29, 0.717) is 59.8 Å². The summed E-state index contributed by atoms with van der Waals surface area (Å²) in [7, 11) is 0. The number of carbonyl (C=O) groups excluding carboxylic acids is 2. The highest BCUT2D eigenvalue weighted by Crippen LogP contribution is 2.20. The molecule has 0 radical (unpaired) electrons. The van der Waals surface area contributed by atoms with Gasteiger partial charge in [-0.3, -0.25) is 27.1 Å². The lowest BCUT2D eigenvalue weighted by atomic mass is 10.2. The van der Waals surface area contributed by atoms with Crippen molar-refractivity contribution in [2.24, 2.45) is 0 Å². The van der Waals surface area contributed by atoms with Gasteiger partial charge in [-0.15, -0.1) is 0 Å². The van der Waals surface area contributed by atoms with E-state index in [9.17, 15) is 19.2 Å². The Bertz CT molecular complexity index is 1620. The second-order valence-corrected chi connectivity index (χ2v) is 12.5. The van der Waals surface area contributed by atoms with E-state index in [1.54, 1.807) is 9.80 Å². The van der Waals surface area contributed by atoms with E-state index in [1.807, 2.05) is 39.8 Å². The predicted molar refractivity (Wildman–Crippen MR) is 164 cm³/mol. The zero-order valence-corrected chi connectivity index (χ0v) is 25.9. The maximum absolute atomic E-state index is 12.4. The molecule has 4 aromatic rings. The number of rotatable bonds is 4. The predicted octanol–water partition coefficient (Wildman–Crippen LogP) is 1.44. The van der Waals surface area contributed by atoms with Crippen LogP contribution in [0, 0.1) is 27.7 Å². The molecule has 224 valence electrons. The molecule has 4 aromatic heterocycles. The van der Waals surface area contributed by atoms with Crippen LogP contribution in [0.1, 0.15) is 22.5 Å². The van der Waals surface area contributed by atoms with E-state index >= 15 is 0 Å². The third kappa shape index (κ3) is 6.46. The zero-order valence-electron chi connectivity index (χ0n) is 24.3. The highest BCUT2D eigenvalue weighted by molar-refractivity contribution is 7.13. The summed E-state index contributed by atoms with van der Waals surface area (Å²) in [4.78, 5) is 63.1. The van der Waals surface area contributed by atoms with E-state index < -0.39 is 0 Å². The molecule has 12 nitrogen and oxygen atoms in total. The maximum atomic E-state index is 12.4. The Morgan fingerprint density at radius 2 is 1.19 bits per heavy atom. The van der Waals surface area contributed by atoms with Gasteiger partial charge in [0.1, 0.15) is 22.8 Å². The SMILES string of the molecule is Cc1cc(C)c2c(=O)n(CC(=O)N3CCNCC3)sc2n1.Cc1cc(C)c2c(=O)n(CC(=O)N3CCOCC3)sc2n1. The average Bonchev–Trinajstić information content (AvgIpc) is 3.44. The van der Waals surface area contributed by atoms with Crippen LogP contribution in [0.25, 0.3) is 20.4 Å². The number of aromatic nitrogens is 4. The van der Waals surface area contributed by atoms with E-state index in [1.165, 1.54) is 31.0 Å². The first-order valence-electron chi connectivity index (χ1n) is 13.9. The Morgan fingerprint density at radius 3 is 1.64 bits per heavy atom. The van der Waals surface area contributed by atoms with E-state index in [2.05, 4.69) is 15.3 Å². The molecule has 2 saturated heterocycles. The Labute approximate surface area is 250 Å². The van der Waals surface area contributed by atoms with Crippen molar-refractivity contribution in [1.29, 1.82) is 0 Å². The fourth-order valence-corrected chi connectivity index (χ4v) is 7.34.